The Morgan fingerprint density at radius 1 is 1.22 bits per heavy atom. The summed E-state index contributed by atoms with van der Waals surface area (Å²) in [6, 6.07) is 4.24. The average molecular weight is 324 g/mol. The molecule has 0 unspecified atom stereocenters. The molecule has 0 heterocycles. The lowest BCUT2D eigenvalue weighted by atomic mass is 10.1. The highest BCUT2D eigenvalue weighted by Gasteiger charge is 2.27. The third-order valence-electron chi connectivity index (χ3n) is 4.77. The van der Waals surface area contributed by atoms with Crippen LogP contribution in [0.2, 0.25) is 0 Å². The average Bonchev–Trinajstić information content (AvgIpc) is 3.03. The highest BCUT2D eigenvalue weighted by molar-refractivity contribution is 5.78. The first-order chi connectivity index (χ1) is 10.9. The zero-order valence-electron chi connectivity index (χ0n) is 14.2. The molecule has 1 aromatic carbocycles. The minimum Gasteiger partial charge on any atom is -0.342 e. The van der Waals surface area contributed by atoms with Crippen LogP contribution in [0.25, 0.3) is 0 Å². The fourth-order valence-electron chi connectivity index (χ4n) is 3.04. The van der Waals surface area contributed by atoms with Gasteiger partial charge in [-0.1, -0.05) is 18.9 Å². The predicted molar refractivity (Wildman–Crippen MR) is 86.9 cm³/mol. The van der Waals surface area contributed by atoms with Crippen LogP contribution < -0.4 is 0 Å². The molecule has 0 radical (unpaired) electrons. The summed E-state index contributed by atoms with van der Waals surface area (Å²) < 4.78 is 27.9. The van der Waals surface area contributed by atoms with Gasteiger partial charge in [0, 0.05) is 31.2 Å². The molecule has 1 aromatic rings. The largest absolute Gasteiger partial charge is 0.342 e. The molecule has 0 aliphatic heterocycles. The number of hydrogen-bond acceptors (Lipinski definition) is 2. The van der Waals surface area contributed by atoms with E-state index in [1.165, 1.54) is 18.2 Å². The standard InChI is InChI=1S/C18H26F2N2O/c1-13(2)21(3)18(23)12-22(14-7-4-5-8-14)11-15-16(19)9-6-10-17(15)20/h6,9-10,13-14H,4-5,7-8,11-12H2,1-3H3. The topological polar surface area (TPSA) is 23.6 Å². The van der Waals surface area contributed by atoms with Crippen LogP contribution in [-0.2, 0) is 11.3 Å². The number of nitrogens with zero attached hydrogens (tertiary/aromatic N) is 2. The molecule has 1 saturated carbocycles. The normalized spacial score (nSPS) is 15.6. The van der Waals surface area contributed by atoms with Crippen molar-refractivity contribution in [3.63, 3.8) is 0 Å². The molecule has 0 spiro atoms. The van der Waals surface area contributed by atoms with Crippen molar-refractivity contribution in [2.24, 2.45) is 0 Å². The second-order valence-corrected chi connectivity index (χ2v) is 6.64. The molecule has 5 heteroatoms. The molecule has 0 N–H and O–H groups in total. The van der Waals surface area contributed by atoms with Gasteiger partial charge in [0.2, 0.25) is 5.91 Å². The summed E-state index contributed by atoms with van der Waals surface area (Å²) in [5.74, 6) is -1.10. The van der Waals surface area contributed by atoms with Gasteiger partial charge >= 0.3 is 0 Å². The minimum absolute atomic E-state index is 0.0105. The lowest BCUT2D eigenvalue weighted by Crippen LogP contribution is -2.44. The van der Waals surface area contributed by atoms with E-state index in [9.17, 15) is 13.6 Å². The fourth-order valence-corrected chi connectivity index (χ4v) is 3.04. The molecule has 0 saturated heterocycles. The lowest BCUT2D eigenvalue weighted by Gasteiger charge is -2.31. The van der Waals surface area contributed by atoms with Gasteiger partial charge in [0.1, 0.15) is 11.6 Å². The SMILES string of the molecule is CC(C)N(C)C(=O)CN(Cc1c(F)cccc1F)C1CCCC1. The second-order valence-electron chi connectivity index (χ2n) is 6.64. The Hall–Kier alpha value is -1.49. The van der Waals surface area contributed by atoms with E-state index < -0.39 is 11.6 Å². The van der Waals surface area contributed by atoms with Crippen molar-refractivity contribution in [1.82, 2.24) is 9.80 Å². The number of likely N-dealkylation sites (N-methyl/N-ethyl adjacent to an activating group) is 1. The van der Waals surface area contributed by atoms with E-state index in [4.69, 9.17) is 0 Å². The van der Waals surface area contributed by atoms with E-state index >= 15 is 0 Å². The zero-order valence-corrected chi connectivity index (χ0v) is 14.2. The molecule has 128 valence electrons. The van der Waals surface area contributed by atoms with Crippen molar-refractivity contribution in [3.05, 3.63) is 35.4 Å². The maximum Gasteiger partial charge on any atom is 0.236 e. The first-order valence-electron chi connectivity index (χ1n) is 8.32. The Labute approximate surface area is 137 Å². The molecule has 1 aliphatic carbocycles. The lowest BCUT2D eigenvalue weighted by molar-refractivity contribution is -0.133. The molecule has 0 atom stereocenters. The number of hydrogen-bond donors (Lipinski definition) is 0. The molecule has 23 heavy (non-hydrogen) atoms. The van der Waals surface area contributed by atoms with Crippen LogP contribution >= 0.6 is 0 Å². The van der Waals surface area contributed by atoms with Gasteiger partial charge < -0.3 is 4.90 Å². The molecular formula is C18H26F2N2O. The van der Waals surface area contributed by atoms with Gasteiger partial charge in [-0.05, 0) is 38.8 Å². The van der Waals surface area contributed by atoms with Crippen LogP contribution in [0.3, 0.4) is 0 Å². The number of carbonyl (C=O) groups excluding carboxylic acids is 1. The molecule has 3 nitrogen and oxygen atoms in total. The van der Waals surface area contributed by atoms with Gasteiger partial charge in [-0.15, -0.1) is 0 Å². The first kappa shape index (κ1) is 17.9. The summed E-state index contributed by atoms with van der Waals surface area (Å²) in [4.78, 5) is 16.0. The number of rotatable bonds is 6. The molecule has 0 aromatic heterocycles. The van der Waals surface area contributed by atoms with Crippen molar-refractivity contribution in [2.45, 2.75) is 58.2 Å². The molecule has 0 bridgehead atoms. The van der Waals surface area contributed by atoms with Crippen LogP contribution in [0.4, 0.5) is 8.78 Å². The number of carbonyl (C=O) groups is 1. The Kier molecular flexibility index (Phi) is 6.10. The molecule has 2 rings (SSSR count). The van der Waals surface area contributed by atoms with E-state index in [-0.39, 0.29) is 36.6 Å². The van der Waals surface area contributed by atoms with E-state index in [0.717, 1.165) is 25.7 Å². The number of halogens is 2. The van der Waals surface area contributed by atoms with Gasteiger partial charge in [0.15, 0.2) is 0 Å². The highest BCUT2D eigenvalue weighted by atomic mass is 19.1. The van der Waals surface area contributed by atoms with E-state index in [1.807, 2.05) is 18.7 Å². The minimum atomic E-state index is -0.544. The number of amides is 1. The molecule has 1 amide bonds. The van der Waals surface area contributed by atoms with Gasteiger partial charge in [-0.3, -0.25) is 9.69 Å². The number of benzene rings is 1. The second kappa shape index (κ2) is 7.86. The first-order valence-corrected chi connectivity index (χ1v) is 8.32. The summed E-state index contributed by atoms with van der Waals surface area (Å²) in [5, 5.41) is 0. The summed E-state index contributed by atoms with van der Waals surface area (Å²) in [6.07, 6.45) is 4.17. The quantitative estimate of drug-likeness (QED) is 0.798. The summed E-state index contributed by atoms with van der Waals surface area (Å²) in [5.41, 5.74) is 0.0550. The Morgan fingerprint density at radius 3 is 2.30 bits per heavy atom. The van der Waals surface area contributed by atoms with Crippen molar-refractivity contribution in [3.8, 4) is 0 Å². The van der Waals surface area contributed by atoms with Crippen molar-refractivity contribution in [2.75, 3.05) is 13.6 Å². The monoisotopic (exact) mass is 324 g/mol. The third kappa shape index (κ3) is 4.50. The van der Waals surface area contributed by atoms with Gasteiger partial charge in [0.05, 0.1) is 6.54 Å². The van der Waals surface area contributed by atoms with E-state index in [0.29, 0.717) is 0 Å². The molecule has 1 aliphatic rings. The zero-order chi connectivity index (χ0) is 17.0. The van der Waals surface area contributed by atoms with E-state index in [1.54, 1.807) is 11.9 Å². The Morgan fingerprint density at radius 2 is 1.78 bits per heavy atom. The van der Waals surface area contributed by atoms with Crippen LogP contribution in [0.5, 0.6) is 0 Å². The van der Waals surface area contributed by atoms with Crippen molar-refractivity contribution < 1.29 is 13.6 Å². The maximum absolute atomic E-state index is 14.0. The smallest absolute Gasteiger partial charge is 0.236 e. The van der Waals surface area contributed by atoms with Gasteiger partial charge in [-0.2, -0.15) is 0 Å². The van der Waals surface area contributed by atoms with Gasteiger partial charge in [-0.25, -0.2) is 8.78 Å². The highest BCUT2D eigenvalue weighted by Crippen LogP contribution is 2.26. The summed E-state index contributed by atoms with van der Waals surface area (Å²) in [7, 11) is 1.77. The van der Waals surface area contributed by atoms with Crippen LogP contribution in [0.1, 0.15) is 45.1 Å². The third-order valence-corrected chi connectivity index (χ3v) is 4.77. The molecule has 1 fully saturated rings. The van der Waals surface area contributed by atoms with Crippen LogP contribution in [0, 0.1) is 11.6 Å². The summed E-state index contributed by atoms with van der Waals surface area (Å²) >= 11 is 0. The van der Waals surface area contributed by atoms with E-state index in [2.05, 4.69) is 0 Å². The molecular weight excluding hydrogens is 298 g/mol. The van der Waals surface area contributed by atoms with Crippen molar-refractivity contribution in [1.29, 1.82) is 0 Å². The van der Waals surface area contributed by atoms with Crippen molar-refractivity contribution >= 4 is 5.91 Å². The van der Waals surface area contributed by atoms with Gasteiger partial charge in [0.25, 0.3) is 0 Å². The maximum atomic E-state index is 14.0. The van der Waals surface area contributed by atoms with Crippen LogP contribution in [0.15, 0.2) is 18.2 Å². The Balaban J connectivity index is 2.16. The fraction of sp³-hybridized carbons (Fsp3) is 0.611. The Bertz CT molecular complexity index is 522. The van der Waals surface area contributed by atoms with Crippen LogP contribution in [-0.4, -0.2) is 41.4 Å². The summed E-state index contributed by atoms with van der Waals surface area (Å²) in [6.45, 7) is 4.25. The predicted octanol–water partition coefficient (Wildman–Crippen LogP) is 3.58.